The zero-order valence-electron chi connectivity index (χ0n) is 11.9. The maximum absolute atomic E-state index is 12.1. The third-order valence-electron chi connectivity index (χ3n) is 3.61. The van der Waals surface area contributed by atoms with Crippen LogP contribution < -0.4 is 10.6 Å². The first-order valence-corrected chi connectivity index (χ1v) is 6.91. The van der Waals surface area contributed by atoms with Gasteiger partial charge in [0.15, 0.2) is 0 Å². The molecule has 1 fully saturated rings. The van der Waals surface area contributed by atoms with Crippen molar-refractivity contribution in [1.29, 1.82) is 0 Å². The molecule has 1 heterocycles. The summed E-state index contributed by atoms with van der Waals surface area (Å²) in [5, 5.41) is 0. The first kappa shape index (κ1) is 14.4. The van der Waals surface area contributed by atoms with Crippen molar-refractivity contribution in [3.05, 3.63) is 29.8 Å². The maximum Gasteiger partial charge on any atom is 0.240 e. The van der Waals surface area contributed by atoms with E-state index in [1.165, 1.54) is 11.3 Å². The lowest BCUT2D eigenvalue weighted by Crippen LogP contribution is -2.53. The molecule has 0 aromatic heterocycles. The quantitative estimate of drug-likeness (QED) is 0.834. The van der Waals surface area contributed by atoms with E-state index in [9.17, 15) is 4.79 Å². The molecule has 1 unspecified atom stereocenters. The molecule has 2 rings (SSSR count). The fourth-order valence-corrected chi connectivity index (χ4v) is 2.46. The van der Waals surface area contributed by atoms with Gasteiger partial charge in [0.25, 0.3) is 0 Å². The topological polar surface area (TPSA) is 49.6 Å². The van der Waals surface area contributed by atoms with E-state index in [2.05, 4.69) is 42.0 Å². The average molecular weight is 271 g/mol. The van der Waals surface area contributed by atoms with Crippen LogP contribution in [0.5, 0.6) is 0 Å². The predicted octanol–water partition coefficient (Wildman–Crippen LogP) is 0.994. The second-order valence-corrected chi connectivity index (χ2v) is 5.17. The number of terminal acetylenes is 1. The minimum Gasteiger partial charge on any atom is -0.368 e. The van der Waals surface area contributed by atoms with E-state index in [4.69, 9.17) is 12.2 Å². The zero-order valence-corrected chi connectivity index (χ0v) is 11.9. The number of hydrogen-bond donors (Lipinski definition) is 1. The van der Waals surface area contributed by atoms with Crippen molar-refractivity contribution < 1.29 is 4.79 Å². The minimum absolute atomic E-state index is 0.0353. The van der Waals surface area contributed by atoms with E-state index in [0.717, 1.165) is 13.1 Å². The fourth-order valence-electron chi connectivity index (χ4n) is 2.46. The maximum atomic E-state index is 12.1. The van der Waals surface area contributed by atoms with Crippen LogP contribution in [-0.2, 0) is 4.79 Å². The predicted molar refractivity (Wildman–Crippen MR) is 81.4 cm³/mol. The Morgan fingerprint density at radius 3 is 2.70 bits per heavy atom. The minimum atomic E-state index is -0.564. The van der Waals surface area contributed by atoms with Crippen molar-refractivity contribution in [2.45, 2.75) is 19.4 Å². The van der Waals surface area contributed by atoms with Gasteiger partial charge in [-0.3, -0.25) is 4.79 Å². The Kier molecular flexibility index (Phi) is 4.65. The molecule has 0 saturated carbocycles. The molecule has 1 atom stereocenters. The number of carbonyl (C=O) groups is 1. The molecule has 0 bridgehead atoms. The van der Waals surface area contributed by atoms with Crippen molar-refractivity contribution in [2.75, 3.05) is 31.1 Å². The molecule has 0 spiro atoms. The summed E-state index contributed by atoms with van der Waals surface area (Å²) >= 11 is 0. The number of nitrogens with zero attached hydrogens (tertiary/aromatic N) is 2. The monoisotopic (exact) mass is 271 g/mol. The number of amides is 1. The second-order valence-electron chi connectivity index (χ2n) is 5.17. The molecule has 1 saturated heterocycles. The summed E-state index contributed by atoms with van der Waals surface area (Å²) in [5.74, 6) is 2.41. The Morgan fingerprint density at radius 2 is 2.10 bits per heavy atom. The van der Waals surface area contributed by atoms with Gasteiger partial charge in [-0.25, -0.2) is 0 Å². The van der Waals surface area contributed by atoms with Crippen LogP contribution in [0.4, 0.5) is 5.69 Å². The molecule has 20 heavy (non-hydrogen) atoms. The summed E-state index contributed by atoms with van der Waals surface area (Å²) in [6.45, 7) is 5.15. The number of benzene rings is 1. The van der Waals surface area contributed by atoms with Crippen molar-refractivity contribution in [3.8, 4) is 12.3 Å². The molecule has 1 amide bonds. The van der Waals surface area contributed by atoms with Gasteiger partial charge in [0, 0.05) is 38.3 Å². The molecule has 4 heteroatoms. The highest BCUT2D eigenvalue weighted by atomic mass is 16.2. The number of rotatable bonds is 3. The van der Waals surface area contributed by atoms with Crippen LogP contribution in [0.25, 0.3) is 0 Å². The van der Waals surface area contributed by atoms with Crippen molar-refractivity contribution >= 4 is 11.6 Å². The van der Waals surface area contributed by atoms with Gasteiger partial charge in [-0.05, 0) is 24.6 Å². The molecule has 1 aliphatic heterocycles. The lowest BCUT2D eigenvalue weighted by atomic mass is 10.1. The molecule has 106 valence electrons. The first-order valence-electron chi connectivity index (χ1n) is 6.91. The van der Waals surface area contributed by atoms with Crippen LogP contribution in [0.1, 0.15) is 12.0 Å². The molecule has 4 nitrogen and oxygen atoms in total. The van der Waals surface area contributed by atoms with E-state index in [-0.39, 0.29) is 5.91 Å². The summed E-state index contributed by atoms with van der Waals surface area (Å²) in [6, 6.07) is 7.86. The second kappa shape index (κ2) is 6.44. The summed E-state index contributed by atoms with van der Waals surface area (Å²) in [4.78, 5) is 16.2. The van der Waals surface area contributed by atoms with Gasteiger partial charge in [-0.1, -0.05) is 12.1 Å². The Balaban J connectivity index is 1.93. The van der Waals surface area contributed by atoms with Gasteiger partial charge in [0.2, 0.25) is 5.91 Å². The lowest BCUT2D eigenvalue weighted by molar-refractivity contribution is -0.132. The SMILES string of the molecule is C#CCC(N)C(=O)N1CCN(c2cccc(C)c2)CC1. The number of nitrogens with two attached hydrogens (primary N) is 1. The van der Waals surface area contributed by atoms with Crippen LogP contribution in [0.3, 0.4) is 0 Å². The van der Waals surface area contributed by atoms with Crippen LogP contribution >= 0.6 is 0 Å². The van der Waals surface area contributed by atoms with Gasteiger partial charge in [-0.15, -0.1) is 12.3 Å². The van der Waals surface area contributed by atoms with Crippen LogP contribution in [0, 0.1) is 19.3 Å². The number of hydrogen-bond acceptors (Lipinski definition) is 3. The molecular formula is C16H21N3O. The summed E-state index contributed by atoms with van der Waals surface area (Å²) in [6.07, 6.45) is 5.50. The highest BCUT2D eigenvalue weighted by molar-refractivity contribution is 5.82. The normalized spacial score (nSPS) is 16.6. The largest absolute Gasteiger partial charge is 0.368 e. The Morgan fingerprint density at radius 1 is 1.40 bits per heavy atom. The van der Waals surface area contributed by atoms with Crippen molar-refractivity contribution in [1.82, 2.24) is 4.90 Å². The molecular weight excluding hydrogens is 250 g/mol. The number of piperazine rings is 1. The lowest BCUT2D eigenvalue weighted by Gasteiger charge is -2.37. The van der Waals surface area contributed by atoms with E-state index in [1.807, 2.05) is 4.90 Å². The highest BCUT2D eigenvalue weighted by Gasteiger charge is 2.24. The smallest absolute Gasteiger partial charge is 0.240 e. The summed E-state index contributed by atoms with van der Waals surface area (Å²) < 4.78 is 0. The van der Waals surface area contributed by atoms with E-state index < -0.39 is 6.04 Å². The standard InChI is InChI=1S/C16H21N3O/c1-3-5-15(17)16(20)19-10-8-18(9-11-19)14-7-4-6-13(2)12-14/h1,4,6-7,12,15H,5,8-11,17H2,2H3. The summed E-state index contributed by atoms with van der Waals surface area (Å²) in [5.41, 5.74) is 8.24. The number of anilines is 1. The Labute approximate surface area is 120 Å². The van der Waals surface area contributed by atoms with E-state index >= 15 is 0 Å². The molecule has 1 aromatic carbocycles. The molecule has 1 aromatic rings. The van der Waals surface area contributed by atoms with Crippen LogP contribution in [-0.4, -0.2) is 43.0 Å². The van der Waals surface area contributed by atoms with Gasteiger partial charge in [-0.2, -0.15) is 0 Å². The average Bonchev–Trinajstić information content (AvgIpc) is 2.47. The van der Waals surface area contributed by atoms with Gasteiger partial charge in [0.05, 0.1) is 6.04 Å². The third-order valence-corrected chi connectivity index (χ3v) is 3.61. The van der Waals surface area contributed by atoms with Crippen LogP contribution in [0.2, 0.25) is 0 Å². The fraction of sp³-hybridized carbons (Fsp3) is 0.438. The highest BCUT2D eigenvalue weighted by Crippen LogP contribution is 2.18. The molecule has 0 aliphatic carbocycles. The third kappa shape index (κ3) is 3.31. The Bertz CT molecular complexity index is 513. The van der Waals surface area contributed by atoms with Crippen molar-refractivity contribution in [3.63, 3.8) is 0 Å². The van der Waals surface area contributed by atoms with Crippen molar-refractivity contribution in [2.24, 2.45) is 5.73 Å². The van der Waals surface area contributed by atoms with E-state index in [1.54, 1.807) is 0 Å². The molecule has 2 N–H and O–H groups in total. The molecule has 0 radical (unpaired) electrons. The molecule has 1 aliphatic rings. The van der Waals surface area contributed by atoms with Crippen LogP contribution in [0.15, 0.2) is 24.3 Å². The zero-order chi connectivity index (χ0) is 14.5. The van der Waals surface area contributed by atoms with Gasteiger partial charge in [0.1, 0.15) is 0 Å². The number of carbonyl (C=O) groups excluding carboxylic acids is 1. The summed E-state index contributed by atoms with van der Waals surface area (Å²) in [7, 11) is 0. The Hall–Kier alpha value is -1.99. The van der Waals surface area contributed by atoms with Gasteiger partial charge >= 0.3 is 0 Å². The first-order chi connectivity index (χ1) is 9.61. The van der Waals surface area contributed by atoms with E-state index in [0.29, 0.717) is 19.5 Å². The van der Waals surface area contributed by atoms with Gasteiger partial charge < -0.3 is 15.5 Å². The number of aryl methyl sites for hydroxylation is 1.